The lowest BCUT2D eigenvalue weighted by Crippen LogP contribution is -2.25. The molecule has 1 amide bonds. The molecule has 146 valence electrons. The van der Waals surface area contributed by atoms with Crippen LogP contribution >= 0.6 is 0 Å². The van der Waals surface area contributed by atoms with Crippen LogP contribution in [-0.4, -0.2) is 34.7 Å². The fraction of sp³-hybridized carbons (Fsp3) is 0.350. The number of carbonyl (C=O) groups excluding carboxylic acids is 1. The van der Waals surface area contributed by atoms with Crippen LogP contribution in [0.3, 0.4) is 0 Å². The zero-order valence-corrected chi connectivity index (χ0v) is 17.0. The van der Waals surface area contributed by atoms with Gasteiger partial charge in [0.2, 0.25) is 10.0 Å². The third kappa shape index (κ3) is 5.47. The predicted octanol–water partition coefficient (Wildman–Crippen LogP) is 3.69. The first-order valence-corrected chi connectivity index (χ1v) is 10.6. The summed E-state index contributed by atoms with van der Waals surface area (Å²) in [5.74, 6) is 0.00891. The fourth-order valence-electron chi connectivity index (χ4n) is 2.59. The number of ether oxygens (including phenoxy) is 1. The summed E-state index contributed by atoms with van der Waals surface area (Å²) < 4.78 is 29.9. The first kappa shape index (κ1) is 20.8. The van der Waals surface area contributed by atoms with E-state index in [1.165, 1.54) is 25.8 Å². The molecule has 0 aliphatic carbocycles. The molecule has 0 saturated carbocycles. The molecule has 0 aromatic heterocycles. The van der Waals surface area contributed by atoms with Gasteiger partial charge in [-0.3, -0.25) is 9.10 Å². The maximum Gasteiger partial charge on any atom is 0.259 e. The highest BCUT2D eigenvalue weighted by Crippen LogP contribution is 2.26. The molecule has 2 rings (SSSR count). The second kappa shape index (κ2) is 8.90. The van der Waals surface area contributed by atoms with Gasteiger partial charge < -0.3 is 10.1 Å². The first-order valence-electron chi connectivity index (χ1n) is 8.78. The summed E-state index contributed by atoms with van der Waals surface area (Å²) in [7, 11) is -0.523. The largest absolute Gasteiger partial charge is 0.496 e. The normalized spacial score (nSPS) is 11.1. The van der Waals surface area contributed by atoms with Gasteiger partial charge >= 0.3 is 0 Å². The number of sulfonamides is 1. The van der Waals surface area contributed by atoms with Gasteiger partial charge in [-0.05, 0) is 48.7 Å². The molecule has 6 nitrogen and oxygen atoms in total. The molecule has 0 saturated heterocycles. The lowest BCUT2D eigenvalue weighted by Gasteiger charge is -2.18. The summed E-state index contributed by atoms with van der Waals surface area (Å²) >= 11 is 0. The molecule has 0 radical (unpaired) electrons. The third-order valence-corrected chi connectivity index (χ3v) is 5.53. The van der Waals surface area contributed by atoms with Crippen LogP contribution in [0.25, 0.3) is 0 Å². The summed E-state index contributed by atoms with van der Waals surface area (Å²) in [5.41, 5.74) is 2.55. The van der Waals surface area contributed by atoms with Gasteiger partial charge in [0.05, 0.1) is 24.6 Å². The van der Waals surface area contributed by atoms with Gasteiger partial charge in [0.1, 0.15) is 5.75 Å². The second-order valence-electron chi connectivity index (χ2n) is 6.37. The molecule has 0 heterocycles. The smallest absolute Gasteiger partial charge is 0.259 e. The van der Waals surface area contributed by atoms with Crippen LogP contribution < -0.4 is 14.4 Å². The number of hydrogen-bond acceptors (Lipinski definition) is 4. The van der Waals surface area contributed by atoms with Crippen molar-refractivity contribution >= 4 is 27.3 Å². The van der Waals surface area contributed by atoms with Crippen molar-refractivity contribution in [2.75, 3.05) is 30.0 Å². The minimum Gasteiger partial charge on any atom is -0.496 e. The van der Waals surface area contributed by atoms with Crippen molar-refractivity contribution in [2.45, 2.75) is 26.2 Å². The zero-order valence-electron chi connectivity index (χ0n) is 16.2. The number of aryl methyl sites for hydroxylation is 1. The lowest BCUT2D eigenvalue weighted by atomic mass is 10.1. The van der Waals surface area contributed by atoms with E-state index in [4.69, 9.17) is 4.74 Å². The lowest BCUT2D eigenvalue weighted by molar-refractivity contribution is 0.102. The van der Waals surface area contributed by atoms with Crippen LogP contribution in [0.15, 0.2) is 42.5 Å². The van der Waals surface area contributed by atoms with Crippen LogP contribution in [0.2, 0.25) is 0 Å². The van der Waals surface area contributed by atoms with E-state index in [2.05, 4.69) is 12.2 Å². The molecule has 2 aromatic carbocycles. The van der Waals surface area contributed by atoms with Crippen molar-refractivity contribution in [1.82, 2.24) is 0 Å². The van der Waals surface area contributed by atoms with E-state index in [1.807, 2.05) is 24.3 Å². The Morgan fingerprint density at radius 2 is 1.81 bits per heavy atom. The number of methoxy groups -OCH3 is 1. The predicted molar refractivity (Wildman–Crippen MR) is 109 cm³/mol. The van der Waals surface area contributed by atoms with Crippen molar-refractivity contribution in [2.24, 2.45) is 0 Å². The van der Waals surface area contributed by atoms with Crippen LogP contribution in [0, 0.1) is 0 Å². The molecule has 0 unspecified atom stereocenters. The van der Waals surface area contributed by atoms with Gasteiger partial charge in [-0.1, -0.05) is 25.5 Å². The standard InChI is InChI=1S/C20H26N2O4S/c1-5-6-7-15-8-10-16(11-9-15)21-20(23)18-14-17(12-13-19(18)26-3)22(2)27(4,24)25/h8-14H,5-7H2,1-4H3,(H,21,23). The van der Waals surface area contributed by atoms with Crippen molar-refractivity contribution in [3.05, 3.63) is 53.6 Å². The van der Waals surface area contributed by atoms with Crippen LogP contribution in [0.5, 0.6) is 5.75 Å². The van der Waals surface area contributed by atoms with Gasteiger partial charge in [0.25, 0.3) is 5.91 Å². The Balaban J connectivity index is 2.24. The second-order valence-corrected chi connectivity index (χ2v) is 8.38. The number of amides is 1. The number of hydrogen-bond donors (Lipinski definition) is 1. The molecule has 0 spiro atoms. The average molecular weight is 391 g/mol. The van der Waals surface area contributed by atoms with E-state index >= 15 is 0 Å². The third-order valence-electron chi connectivity index (χ3n) is 4.32. The van der Waals surface area contributed by atoms with Crippen LogP contribution in [0.1, 0.15) is 35.7 Å². The summed E-state index contributed by atoms with van der Waals surface area (Å²) in [6.07, 6.45) is 4.38. The van der Waals surface area contributed by atoms with Gasteiger partial charge in [-0.2, -0.15) is 0 Å². The molecular weight excluding hydrogens is 364 g/mol. The molecule has 0 fully saturated rings. The van der Waals surface area contributed by atoms with E-state index in [1.54, 1.807) is 12.1 Å². The number of nitrogens with one attached hydrogen (secondary N) is 1. The van der Waals surface area contributed by atoms with Crippen LogP contribution in [0.4, 0.5) is 11.4 Å². The number of rotatable bonds is 8. The van der Waals surface area contributed by atoms with Crippen molar-refractivity contribution in [1.29, 1.82) is 0 Å². The van der Waals surface area contributed by atoms with Crippen molar-refractivity contribution in [3.63, 3.8) is 0 Å². The molecule has 0 aliphatic rings. The average Bonchev–Trinajstić information content (AvgIpc) is 2.65. The first-order chi connectivity index (χ1) is 12.8. The topological polar surface area (TPSA) is 75.7 Å². The Morgan fingerprint density at radius 3 is 2.37 bits per heavy atom. The van der Waals surface area contributed by atoms with E-state index in [9.17, 15) is 13.2 Å². The van der Waals surface area contributed by atoms with E-state index in [0.29, 0.717) is 17.1 Å². The number of carbonyl (C=O) groups is 1. The number of unbranched alkanes of at least 4 members (excludes halogenated alkanes) is 1. The van der Waals surface area contributed by atoms with Gasteiger partial charge in [0, 0.05) is 12.7 Å². The summed E-state index contributed by atoms with van der Waals surface area (Å²) in [6, 6.07) is 12.4. The Labute approximate surface area is 161 Å². The van der Waals surface area contributed by atoms with E-state index < -0.39 is 10.0 Å². The molecule has 7 heteroatoms. The number of nitrogens with zero attached hydrogens (tertiary/aromatic N) is 1. The number of anilines is 2. The zero-order chi connectivity index (χ0) is 20.0. The van der Waals surface area contributed by atoms with Gasteiger partial charge in [0.15, 0.2) is 0 Å². The van der Waals surface area contributed by atoms with Crippen molar-refractivity contribution in [3.8, 4) is 5.75 Å². The Bertz CT molecular complexity index is 893. The van der Waals surface area contributed by atoms with Crippen LogP contribution in [-0.2, 0) is 16.4 Å². The molecular formula is C20H26N2O4S. The molecule has 0 aliphatic heterocycles. The molecule has 0 bridgehead atoms. The monoisotopic (exact) mass is 390 g/mol. The highest BCUT2D eigenvalue weighted by atomic mass is 32.2. The molecule has 0 atom stereocenters. The summed E-state index contributed by atoms with van der Waals surface area (Å²) in [4.78, 5) is 12.7. The highest BCUT2D eigenvalue weighted by molar-refractivity contribution is 7.92. The maximum atomic E-state index is 12.7. The van der Waals surface area contributed by atoms with Gasteiger partial charge in [-0.15, -0.1) is 0 Å². The minimum atomic E-state index is -3.43. The highest BCUT2D eigenvalue weighted by Gasteiger charge is 2.18. The summed E-state index contributed by atoms with van der Waals surface area (Å²) in [5, 5.41) is 2.83. The molecule has 27 heavy (non-hydrogen) atoms. The molecule has 1 N–H and O–H groups in total. The van der Waals surface area contributed by atoms with Gasteiger partial charge in [-0.25, -0.2) is 8.42 Å². The molecule has 2 aromatic rings. The fourth-order valence-corrected chi connectivity index (χ4v) is 3.09. The summed E-state index contributed by atoms with van der Waals surface area (Å²) in [6.45, 7) is 2.15. The van der Waals surface area contributed by atoms with Crippen molar-refractivity contribution < 1.29 is 17.9 Å². The van der Waals surface area contributed by atoms with E-state index in [0.717, 1.165) is 29.8 Å². The SMILES string of the molecule is CCCCc1ccc(NC(=O)c2cc(N(C)S(C)(=O)=O)ccc2OC)cc1. The van der Waals surface area contributed by atoms with E-state index in [-0.39, 0.29) is 11.5 Å². The quantitative estimate of drug-likeness (QED) is 0.746. The Kier molecular flexibility index (Phi) is 6.85. The Morgan fingerprint density at radius 1 is 1.15 bits per heavy atom. The Hall–Kier alpha value is -2.54. The minimum absolute atomic E-state index is 0.264. The number of benzene rings is 2. The maximum absolute atomic E-state index is 12.7.